The van der Waals surface area contributed by atoms with Crippen LogP contribution in [0.2, 0.25) is 0 Å². The molecular formula is C21H21N3O3S. The summed E-state index contributed by atoms with van der Waals surface area (Å²) >= 11 is 1.60. The highest BCUT2D eigenvalue weighted by molar-refractivity contribution is 7.99. The van der Waals surface area contributed by atoms with Gasteiger partial charge in [-0.1, -0.05) is 19.1 Å². The predicted octanol–water partition coefficient (Wildman–Crippen LogP) is 4.32. The number of rotatable bonds is 8. The summed E-state index contributed by atoms with van der Waals surface area (Å²) in [5, 5.41) is 3.74. The molecule has 0 atom stereocenters. The van der Waals surface area contributed by atoms with Gasteiger partial charge in [-0.15, -0.1) is 11.8 Å². The molecule has 0 aliphatic rings. The third kappa shape index (κ3) is 5.47. The van der Waals surface area contributed by atoms with Crippen molar-refractivity contribution in [1.82, 2.24) is 15.3 Å². The average molecular weight is 395 g/mol. The summed E-state index contributed by atoms with van der Waals surface area (Å²) in [5.41, 5.74) is 1.47. The zero-order valence-electron chi connectivity index (χ0n) is 15.7. The molecule has 0 spiro atoms. The lowest BCUT2D eigenvalue weighted by molar-refractivity contribution is 0.0950. The van der Waals surface area contributed by atoms with Crippen LogP contribution in [0, 0.1) is 0 Å². The number of nitrogens with zero attached hydrogens (tertiary/aromatic N) is 2. The minimum Gasteiger partial charge on any atom is -0.497 e. The van der Waals surface area contributed by atoms with Crippen LogP contribution in [0.15, 0.2) is 66.0 Å². The molecule has 28 heavy (non-hydrogen) atoms. The van der Waals surface area contributed by atoms with Crippen LogP contribution in [0.5, 0.6) is 17.4 Å². The van der Waals surface area contributed by atoms with Gasteiger partial charge in [0.25, 0.3) is 5.91 Å². The van der Waals surface area contributed by atoms with Crippen molar-refractivity contribution in [2.24, 2.45) is 0 Å². The Morgan fingerprint density at radius 3 is 2.71 bits per heavy atom. The first-order valence-electron chi connectivity index (χ1n) is 8.82. The Morgan fingerprint density at radius 1 is 1.11 bits per heavy atom. The van der Waals surface area contributed by atoms with E-state index in [9.17, 15) is 4.79 Å². The number of carbonyl (C=O) groups excluding carboxylic acids is 1. The van der Waals surface area contributed by atoms with Gasteiger partial charge in [0, 0.05) is 36.6 Å². The Balaban J connectivity index is 1.56. The number of aromatic nitrogens is 2. The SMILES string of the molecule is CCSc1cc(C(=O)NCc2ccc(Oc3cccc(OC)c3)nc2)ccn1. The lowest BCUT2D eigenvalue weighted by Crippen LogP contribution is -2.22. The van der Waals surface area contributed by atoms with E-state index in [4.69, 9.17) is 9.47 Å². The van der Waals surface area contributed by atoms with Crippen molar-refractivity contribution in [1.29, 1.82) is 0 Å². The second-order valence-electron chi connectivity index (χ2n) is 5.78. The fourth-order valence-corrected chi connectivity index (χ4v) is 3.06. The summed E-state index contributed by atoms with van der Waals surface area (Å²) in [6, 6.07) is 14.5. The molecule has 0 aliphatic heterocycles. The van der Waals surface area contributed by atoms with Crippen molar-refractivity contribution >= 4 is 17.7 Å². The number of ether oxygens (including phenoxy) is 2. The molecule has 0 saturated carbocycles. The largest absolute Gasteiger partial charge is 0.497 e. The van der Waals surface area contributed by atoms with Crippen LogP contribution in [-0.2, 0) is 6.54 Å². The second-order valence-corrected chi connectivity index (χ2v) is 7.07. The minimum absolute atomic E-state index is 0.142. The number of benzene rings is 1. The van der Waals surface area contributed by atoms with E-state index in [2.05, 4.69) is 15.3 Å². The number of nitrogens with one attached hydrogen (secondary N) is 1. The Kier molecular flexibility index (Phi) is 6.86. The summed E-state index contributed by atoms with van der Waals surface area (Å²) in [4.78, 5) is 20.9. The molecule has 2 heterocycles. The monoisotopic (exact) mass is 395 g/mol. The lowest BCUT2D eigenvalue weighted by atomic mass is 10.2. The molecule has 1 amide bonds. The second kappa shape index (κ2) is 9.75. The number of hydrogen-bond donors (Lipinski definition) is 1. The zero-order chi connectivity index (χ0) is 19.8. The van der Waals surface area contributed by atoms with Gasteiger partial charge in [-0.25, -0.2) is 9.97 Å². The summed E-state index contributed by atoms with van der Waals surface area (Å²) in [6.07, 6.45) is 3.33. The molecule has 1 aromatic carbocycles. The molecule has 0 aliphatic carbocycles. The normalized spacial score (nSPS) is 10.4. The van der Waals surface area contributed by atoms with Gasteiger partial charge in [-0.3, -0.25) is 4.79 Å². The van der Waals surface area contributed by atoms with E-state index in [1.54, 1.807) is 55.5 Å². The number of carbonyl (C=O) groups is 1. The fraction of sp³-hybridized carbons (Fsp3) is 0.190. The summed E-state index contributed by atoms with van der Waals surface area (Å²) in [6.45, 7) is 2.43. The van der Waals surface area contributed by atoms with Crippen molar-refractivity contribution < 1.29 is 14.3 Å². The van der Waals surface area contributed by atoms with Crippen LogP contribution in [0.3, 0.4) is 0 Å². The number of hydrogen-bond acceptors (Lipinski definition) is 6. The Bertz CT molecular complexity index is 932. The standard InChI is InChI=1S/C21H21N3O3S/c1-3-28-20-11-16(9-10-22-20)21(25)24-14-15-7-8-19(23-13-15)27-18-6-4-5-17(12-18)26-2/h4-13H,3,14H2,1-2H3,(H,24,25). The molecule has 1 N–H and O–H groups in total. The molecule has 3 rings (SSSR count). The zero-order valence-corrected chi connectivity index (χ0v) is 16.5. The molecule has 6 nitrogen and oxygen atoms in total. The van der Waals surface area contributed by atoms with Crippen LogP contribution >= 0.6 is 11.8 Å². The van der Waals surface area contributed by atoms with Crippen molar-refractivity contribution in [3.05, 3.63) is 72.1 Å². The quantitative estimate of drug-likeness (QED) is 0.573. The van der Waals surface area contributed by atoms with Gasteiger partial charge < -0.3 is 14.8 Å². The summed E-state index contributed by atoms with van der Waals surface area (Å²) < 4.78 is 10.9. The molecule has 144 valence electrons. The van der Waals surface area contributed by atoms with Crippen molar-refractivity contribution in [3.63, 3.8) is 0 Å². The molecule has 0 fully saturated rings. The van der Waals surface area contributed by atoms with E-state index < -0.39 is 0 Å². The Hall–Kier alpha value is -3.06. The molecule has 0 bridgehead atoms. The molecule has 0 unspecified atom stereocenters. The molecule has 3 aromatic rings. The number of methoxy groups -OCH3 is 1. The molecule has 2 aromatic heterocycles. The number of thioether (sulfide) groups is 1. The van der Waals surface area contributed by atoms with Gasteiger partial charge in [0.2, 0.25) is 5.88 Å². The molecular weight excluding hydrogens is 374 g/mol. The highest BCUT2D eigenvalue weighted by Gasteiger charge is 2.07. The van der Waals surface area contributed by atoms with Crippen LogP contribution in [-0.4, -0.2) is 28.7 Å². The first-order chi connectivity index (χ1) is 13.7. The van der Waals surface area contributed by atoms with Crippen LogP contribution in [0.1, 0.15) is 22.8 Å². The smallest absolute Gasteiger partial charge is 0.251 e. The topological polar surface area (TPSA) is 73.3 Å². The highest BCUT2D eigenvalue weighted by atomic mass is 32.2. The third-order valence-corrected chi connectivity index (χ3v) is 4.61. The maximum Gasteiger partial charge on any atom is 0.251 e. The van der Waals surface area contributed by atoms with E-state index in [-0.39, 0.29) is 5.91 Å². The van der Waals surface area contributed by atoms with Crippen molar-refractivity contribution in [2.75, 3.05) is 12.9 Å². The van der Waals surface area contributed by atoms with E-state index in [1.165, 1.54) is 0 Å². The van der Waals surface area contributed by atoms with Crippen molar-refractivity contribution in [2.45, 2.75) is 18.5 Å². The first kappa shape index (κ1) is 19.7. The van der Waals surface area contributed by atoms with Crippen LogP contribution in [0.4, 0.5) is 0 Å². The van der Waals surface area contributed by atoms with Gasteiger partial charge in [0.05, 0.1) is 12.1 Å². The van der Waals surface area contributed by atoms with Gasteiger partial charge in [0.1, 0.15) is 11.5 Å². The van der Waals surface area contributed by atoms with Gasteiger partial charge in [0.15, 0.2) is 0 Å². The minimum atomic E-state index is -0.142. The van der Waals surface area contributed by atoms with Crippen molar-refractivity contribution in [3.8, 4) is 17.4 Å². The predicted molar refractivity (Wildman–Crippen MR) is 109 cm³/mol. The fourth-order valence-electron chi connectivity index (χ4n) is 2.42. The Labute approximate surface area is 168 Å². The van der Waals surface area contributed by atoms with Gasteiger partial charge in [-0.05, 0) is 35.6 Å². The average Bonchev–Trinajstić information content (AvgIpc) is 2.73. The molecule has 0 radical (unpaired) electrons. The lowest BCUT2D eigenvalue weighted by Gasteiger charge is -2.08. The summed E-state index contributed by atoms with van der Waals surface area (Å²) in [7, 11) is 1.61. The number of pyridine rings is 2. The maximum atomic E-state index is 12.3. The van der Waals surface area contributed by atoms with E-state index in [0.717, 1.165) is 16.3 Å². The van der Waals surface area contributed by atoms with E-state index >= 15 is 0 Å². The molecule has 7 heteroatoms. The van der Waals surface area contributed by atoms with Gasteiger partial charge >= 0.3 is 0 Å². The number of amides is 1. The summed E-state index contributed by atoms with van der Waals surface area (Å²) in [5.74, 6) is 2.60. The van der Waals surface area contributed by atoms with Crippen LogP contribution in [0.25, 0.3) is 0 Å². The first-order valence-corrected chi connectivity index (χ1v) is 9.80. The van der Waals surface area contributed by atoms with Gasteiger partial charge in [-0.2, -0.15) is 0 Å². The van der Waals surface area contributed by atoms with E-state index in [1.807, 2.05) is 31.2 Å². The Morgan fingerprint density at radius 2 is 1.96 bits per heavy atom. The van der Waals surface area contributed by atoms with Crippen LogP contribution < -0.4 is 14.8 Å². The van der Waals surface area contributed by atoms with E-state index in [0.29, 0.717) is 29.5 Å². The highest BCUT2D eigenvalue weighted by Crippen LogP contribution is 2.23. The third-order valence-electron chi connectivity index (χ3n) is 3.80. The molecule has 0 saturated heterocycles. The maximum absolute atomic E-state index is 12.3.